The number of nitrogens with zero attached hydrogens (tertiary/aromatic N) is 3. The Bertz CT molecular complexity index is 1480. The number of imidazole rings is 1. The number of benzene rings is 3. The number of rotatable bonds is 5. The van der Waals surface area contributed by atoms with Gasteiger partial charge in [-0.2, -0.15) is 0 Å². The van der Waals surface area contributed by atoms with Crippen molar-refractivity contribution in [1.29, 1.82) is 0 Å². The Kier molecular flexibility index (Phi) is 5.11. The number of hydrogen-bond donors (Lipinski definition) is 1. The van der Waals surface area contributed by atoms with E-state index in [-0.39, 0.29) is 11.4 Å². The van der Waals surface area contributed by atoms with Crippen molar-refractivity contribution in [3.8, 4) is 11.1 Å². The summed E-state index contributed by atoms with van der Waals surface area (Å²) >= 11 is 3.43. The Balaban J connectivity index is 1.81. The Hall–Kier alpha value is -3.75. The van der Waals surface area contributed by atoms with Crippen LogP contribution < -0.4 is 0 Å². The summed E-state index contributed by atoms with van der Waals surface area (Å²) < 4.78 is 8.88. The van der Waals surface area contributed by atoms with Crippen LogP contribution in [0.5, 0.6) is 0 Å². The molecule has 0 fully saturated rings. The zero-order chi connectivity index (χ0) is 23.2. The summed E-state index contributed by atoms with van der Waals surface area (Å²) in [5.74, 6) is 0.237. The Morgan fingerprint density at radius 2 is 1.82 bits per heavy atom. The van der Waals surface area contributed by atoms with Crippen molar-refractivity contribution in [2.45, 2.75) is 5.60 Å². The van der Waals surface area contributed by atoms with Crippen LogP contribution in [0.15, 0.2) is 94.2 Å². The van der Waals surface area contributed by atoms with Crippen LogP contribution in [-0.4, -0.2) is 19.6 Å². The van der Waals surface area contributed by atoms with Crippen LogP contribution in [0.3, 0.4) is 0 Å². The van der Waals surface area contributed by atoms with Gasteiger partial charge < -0.3 is 14.1 Å². The van der Waals surface area contributed by atoms with Crippen molar-refractivity contribution >= 4 is 32.6 Å². The fourth-order valence-corrected chi connectivity index (χ4v) is 4.33. The number of aliphatic hydroxyl groups is 1. The molecule has 0 aliphatic carbocycles. The first kappa shape index (κ1) is 21.1. The van der Waals surface area contributed by atoms with Crippen LogP contribution in [0.2, 0.25) is 0 Å². The molecule has 2 heterocycles. The normalized spacial score (nSPS) is 13.2. The average Bonchev–Trinajstić information content (AvgIpc) is 3.45. The predicted octanol–water partition coefficient (Wildman–Crippen LogP) is 5.79. The summed E-state index contributed by atoms with van der Waals surface area (Å²) in [6.07, 6.45) is 3.18. The molecule has 3 aromatic carbocycles. The maximum atomic E-state index is 12.1. The average molecular weight is 504 g/mol. The number of fused-ring (bicyclic) bond motifs is 1. The highest BCUT2D eigenvalue weighted by Crippen LogP contribution is 2.42. The SMILES string of the molecule is Cn1cncc1C(O)(c1ccc(Br)cc1)c1cc2cc([N+](=O)[O-])cc(-c3ccccc3)c2o1. The molecular weight excluding hydrogens is 486 g/mol. The molecule has 1 unspecified atom stereocenters. The lowest BCUT2D eigenvalue weighted by Gasteiger charge is -2.27. The molecule has 7 nitrogen and oxygen atoms in total. The maximum Gasteiger partial charge on any atom is 0.270 e. The number of non-ortho nitro benzene ring substituents is 1. The molecule has 1 atom stereocenters. The molecular formula is C25H18BrN3O4. The summed E-state index contributed by atoms with van der Waals surface area (Å²) in [6.45, 7) is 0. The second-order valence-corrected chi connectivity index (χ2v) is 8.67. The van der Waals surface area contributed by atoms with Gasteiger partial charge in [0.2, 0.25) is 0 Å². The van der Waals surface area contributed by atoms with Gasteiger partial charge in [0.1, 0.15) is 11.3 Å². The summed E-state index contributed by atoms with van der Waals surface area (Å²) in [4.78, 5) is 15.4. The van der Waals surface area contributed by atoms with Gasteiger partial charge in [-0.25, -0.2) is 4.98 Å². The highest BCUT2D eigenvalue weighted by molar-refractivity contribution is 9.10. The van der Waals surface area contributed by atoms with Crippen LogP contribution in [0.4, 0.5) is 5.69 Å². The number of nitro benzene ring substituents is 1. The summed E-state index contributed by atoms with van der Waals surface area (Å²) in [7, 11) is 1.79. The van der Waals surface area contributed by atoms with Crippen molar-refractivity contribution in [1.82, 2.24) is 9.55 Å². The highest BCUT2D eigenvalue weighted by atomic mass is 79.9. The van der Waals surface area contributed by atoms with E-state index in [0.29, 0.717) is 27.8 Å². The largest absolute Gasteiger partial charge is 0.456 e. The molecule has 0 aliphatic heterocycles. The van der Waals surface area contributed by atoms with Crippen molar-refractivity contribution in [3.63, 3.8) is 0 Å². The molecule has 8 heteroatoms. The molecule has 164 valence electrons. The first-order chi connectivity index (χ1) is 15.9. The number of nitro groups is 1. The van der Waals surface area contributed by atoms with Crippen molar-refractivity contribution in [3.05, 3.63) is 117 Å². The smallest absolute Gasteiger partial charge is 0.270 e. The minimum atomic E-state index is -1.67. The second-order valence-electron chi connectivity index (χ2n) is 7.75. The van der Waals surface area contributed by atoms with E-state index in [1.54, 1.807) is 42.3 Å². The second kappa shape index (κ2) is 7.99. The van der Waals surface area contributed by atoms with E-state index < -0.39 is 10.5 Å². The van der Waals surface area contributed by atoms with E-state index in [4.69, 9.17) is 4.42 Å². The monoisotopic (exact) mass is 503 g/mol. The Labute approximate surface area is 197 Å². The third-order valence-corrected chi connectivity index (χ3v) is 6.23. The van der Waals surface area contributed by atoms with Crippen molar-refractivity contribution in [2.75, 3.05) is 0 Å². The van der Waals surface area contributed by atoms with Gasteiger partial charge in [0.05, 0.1) is 23.1 Å². The number of hydrogen-bond acceptors (Lipinski definition) is 5. The minimum Gasteiger partial charge on any atom is -0.456 e. The molecule has 5 rings (SSSR count). The third kappa shape index (κ3) is 3.53. The Morgan fingerprint density at radius 1 is 1.09 bits per heavy atom. The molecule has 5 aromatic rings. The zero-order valence-electron chi connectivity index (χ0n) is 17.5. The first-order valence-corrected chi connectivity index (χ1v) is 10.9. The fraction of sp³-hybridized carbons (Fsp3) is 0.0800. The van der Waals surface area contributed by atoms with E-state index >= 15 is 0 Å². The fourth-order valence-electron chi connectivity index (χ4n) is 4.07. The van der Waals surface area contributed by atoms with E-state index in [9.17, 15) is 15.2 Å². The van der Waals surface area contributed by atoms with Gasteiger partial charge in [-0.1, -0.05) is 58.4 Å². The number of aryl methyl sites for hydroxylation is 1. The lowest BCUT2D eigenvalue weighted by atomic mass is 9.88. The van der Waals surface area contributed by atoms with Gasteiger partial charge in [-0.3, -0.25) is 10.1 Å². The molecule has 1 N–H and O–H groups in total. The summed E-state index contributed by atoms with van der Waals surface area (Å²) in [5, 5.41) is 24.3. The quantitative estimate of drug-likeness (QED) is 0.242. The molecule has 0 bridgehead atoms. The molecule has 0 spiro atoms. The van der Waals surface area contributed by atoms with Crippen molar-refractivity contribution < 1.29 is 14.4 Å². The lowest BCUT2D eigenvalue weighted by Crippen LogP contribution is -2.30. The molecule has 2 aromatic heterocycles. The van der Waals surface area contributed by atoms with Crippen LogP contribution in [0, 0.1) is 10.1 Å². The first-order valence-electron chi connectivity index (χ1n) is 10.1. The Morgan fingerprint density at radius 3 is 2.45 bits per heavy atom. The standard InChI is InChI=1S/C25H18BrN3O4/c1-28-15-27-14-22(28)25(30,18-7-9-19(26)10-8-18)23-12-17-11-20(29(31)32)13-21(24(17)33-23)16-5-3-2-4-6-16/h2-15,30H,1H3. The molecule has 33 heavy (non-hydrogen) atoms. The lowest BCUT2D eigenvalue weighted by molar-refractivity contribution is -0.384. The van der Waals surface area contributed by atoms with Crippen LogP contribution in [0.1, 0.15) is 17.0 Å². The van der Waals surface area contributed by atoms with Gasteiger partial charge in [0.15, 0.2) is 5.60 Å². The van der Waals surface area contributed by atoms with Crippen LogP contribution in [0.25, 0.3) is 22.1 Å². The molecule has 0 aliphatic rings. The topological polar surface area (TPSA) is 94.3 Å². The van der Waals surface area contributed by atoms with E-state index in [1.807, 2.05) is 42.5 Å². The van der Waals surface area contributed by atoms with Gasteiger partial charge in [-0.05, 0) is 29.3 Å². The number of halogens is 1. The van der Waals surface area contributed by atoms with E-state index in [2.05, 4.69) is 20.9 Å². The molecule has 0 saturated heterocycles. The zero-order valence-corrected chi connectivity index (χ0v) is 19.1. The van der Waals surface area contributed by atoms with Gasteiger partial charge in [0, 0.05) is 34.6 Å². The van der Waals surface area contributed by atoms with Crippen LogP contribution in [-0.2, 0) is 12.6 Å². The van der Waals surface area contributed by atoms with Gasteiger partial charge in [0.25, 0.3) is 5.69 Å². The maximum absolute atomic E-state index is 12.1. The highest BCUT2D eigenvalue weighted by Gasteiger charge is 2.40. The van der Waals surface area contributed by atoms with Gasteiger partial charge in [-0.15, -0.1) is 0 Å². The number of furan rings is 1. The number of aromatic nitrogens is 2. The summed E-state index contributed by atoms with van der Waals surface area (Å²) in [5.41, 5.74) is 1.16. The van der Waals surface area contributed by atoms with E-state index in [1.165, 1.54) is 12.1 Å². The minimum absolute atomic E-state index is 0.0542. The van der Waals surface area contributed by atoms with Gasteiger partial charge >= 0.3 is 0 Å². The molecule has 0 saturated carbocycles. The summed E-state index contributed by atoms with van der Waals surface area (Å²) in [6, 6.07) is 21.2. The van der Waals surface area contributed by atoms with Crippen molar-refractivity contribution in [2.24, 2.45) is 7.05 Å². The molecule has 0 amide bonds. The van der Waals surface area contributed by atoms with E-state index in [0.717, 1.165) is 10.0 Å². The predicted molar refractivity (Wildman–Crippen MR) is 128 cm³/mol. The molecule has 0 radical (unpaired) electrons. The third-order valence-electron chi connectivity index (χ3n) is 5.70. The van der Waals surface area contributed by atoms with Crippen LogP contribution >= 0.6 is 15.9 Å².